The van der Waals surface area contributed by atoms with Crippen molar-refractivity contribution in [2.24, 2.45) is 0 Å². The number of carbonyl (C=O) groups is 2. The highest BCUT2D eigenvalue weighted by Crippen LogP contribution is 2.28. The van der Waals surface area contributed by atoms with Gasteiger partial charge in [-0.05, 0) is 12.5 Å². The van der Waals surface area contributed by atoms with Crippen molar-refractivity contribution in [3.8, 4) is 0 Å². The lowest BCUT2D eigenvalue weighted by atomic mass is 9.95. The number of nitrogens with one attached hydrogen (secondary N) is 2. The van der Waals surface area contributed by atoms with Gasteiger partial charge < -0.3 is 20.1 Å². The summed E-state index contributed by atoms with van der Waals surface area (Å²) < 4.78 is 10.6. The van der Waals surface area contributed by atoms with Crippen LogP contribution in [-0.2, 0) is 14.3 Å². The van der Waals surface area contributed by atoms with Crippen LogP contribution >= 0.6 is 0 Å². The lowest BCUT2D eigenvalue weighted by Crippen LogP contribution is -2.49. The maximum atomic E-state index is 12.6. The Balaban J connectivity index is 1.96. The van der Waals surface area contributed by atoms with Crippen LogP contribution in [0.5, 0.6) is 0 Å². The molecule has 3 rings (SSSR count). The molecule has 0 bridgehead atoms. The van der Waals surface area contributed by atoms with Crippen molar-refractivity contribution in [2.75, 3.05) is 39.5 Å². The quantitative estimate of drug-likeness (QED) is 0.784. The number of hydrogen-bond acceptors (Lipinski definition) is 5. The summed E-state index contributed by atoms with van der Waals surface area (Å²) in [4.78, 5) is 27.0. The molecule has 0 aromatic heterocycles. The van der Waals surface area contributed by atoms with E-state index in [1.54, 1.807) is 6.92 Å². The lowest BCUT2D eigenvalue weighted by molar-refractivity contribution is -0.139. The van der Waals surface area contributed by atoms with Crippen molar-refractivity contribution in [3.05, 3.63) is 47.2 Å². The molecule has 0 aliphatic carbocycles. The molecule has 0 radical (unpaired) electrons. The van der Waals surface area contributed by atoms with Gasteiger partial charge in [0.2, 0.25) is 0 Å². The third-order valence-corrected chi connectivity index (χ3v) is 4.27. The lowest BCUT2D eigenvalue weighted by Gasteiger charge is -2.33. The molecular weight excluding hydrogens is 322 g/mol. The van der Waals surface area contributed by atoms with Crippen LogP contribution in [0.25, 0.3) is 0 Å². The van der Waals surface area contributed by atoms with E-state index in [4.69, 9.17) is 9.47 Å². The molecule has 7 heteroatoms. The highest BCUT2D eigenvalue weighted by atomic mass is 16.5. The fourth-order valence-electron chi connectivity index (χ4n) is 3.07. The number of esters is 1. The average molecular weight is 345 g/mol. The number of rotatable bonds is 5. The maximum absolute atomic E-state index is 12.6. The van der Waals surface area contributed by atoms with Crippen molar-refractivity contribution in [1.29, 1.82) is 0 Å². The second kappa shape index (κ2) is 8.13. The van der Waals surface area contributed by atoms with Crippen molar-refractivity contribution < 1.29 is 19.1 Å². The Morgan fingerprint density at radius 3 is 2.68 bits per heavy atom. The van der Waals surface area contributed by atoms with Crippen LogP contribution in [-0.4, -0.2) is 56.4 Å². The summed E-state index contributed by atoms with van der Waals surface area (Å²) >= 11 is 0. The Hall–Kier alpha value is -2.38. The maximum Gasteiger partial charge on any atom is 0.338 e. The molecule has 1 aromatic carbocycles. The molecule has 2 aliphatic rings. The predicted molar refractivity (Wildman–Crippen MR) is 91.8 cm³/mol. The molecule has 25 heavy (non-hydrogen) atoms. The number of urea groups is 1. The molecule has 2 amide bonds. The highest BCUT2D eigenvalue weighted by molar-refractivity contribution is 5.95. The SMILES string of the molecule is CCOC(=O)C1=C(CN2CCOCC2)NC(=O)NC1c1ccccc1. The Morgan fingerprint density at radius 1 is 1.28 bits per heavy atom. The van der Waals surface area contributed by atoms with Gasteiger partial charge in [0.25, 0.3) is 0 Å². The molecule has 1 atom stereocenters. The monoisotopic (exact) mass is 345 g/mol. The first-order valence-corrected chi connectivity index (χ1v) is 8.51. The van der Waals surface area contributed by atoms with Crippen molar-refractivity contribution >= 4 is 12.0 Å². The second-order valence-electron chi connectivity index (χ2n) is 5.94. The number of nitrogens with zero attached hydrogens (tertiary/aromatic N) is 1. The van der Waals surface area contributed by atoms with Gasteiger partial charge in [0.15, 0.2) is 0 Å². The minimum Gasteiger partial charge on any atom is -0.463 e. The zero-order valence-electron chi connectivity index (χ0n) is 14.3. The van der Waals surface area contributed by atoms with E-state index < -0.39 is 12.0 Å². The highest BCUT2D eigenvalue weighted by Gasteiger charge is 2.34. The van der Waals surface area contributed by atoms with Crippen molar-refractivity contribution in [3.63, 3.8) is 0 Å². The second-order valence-corrected chi connectivity index (χ2v) is 5.94. The summed E-state index contributed by atoms with van der Waals surface area (Å²) in [5.74, 6) is -0.410. The summed E-state index contributed by atoms with van der Waals surface area (Å²) in [6, 6.07) is 8.61. The number of morpholine rings is 1. The number of amides is 2. The number of benzene rings is 1. The van der Waals surface area contributed by atoms with E-state index in [1.807, 2.05) is 30.3 Å². The fraction of sp³-hybridized carbons (Fsp3) is 0.444. The van der Waals surface area contributed by atoms with Crippen LogP contribution in [0.2, 0.25) is 0 Å². The predicted octanol–water partition coefficient (Wildman–Crippen LogP) is 1.19. The zero-order valence-corrected chi connectivity index (χ0v) is 14.3. The Kier molecular flexibility index (Phi) is 5.67. The molecule has 2 aliphatic heterocycles. The van der Waals surface area contributed by atoms with Gasteiger partial charge in [-0.3, -0.25) is 4.90 Å². The molecule has 1 fully saturated rings. The van der Waals surface area contributed by atoms with E-state index in [0.29, 0.717) is 31.0 Å². The van der Waals surface area contributed by atoms with Gasteiger partial charge >= 0.3 is 12.0 Å². The molecule has 0 saturated carbocycles. The van der Waals surface area contributed by atoms with Gasteiger partial charge in [-0.1, -0.05) is 30.3 Å². The van der Waals surface area contributed by atoms with Crippen LogP contribution < -0.4 is 10.6 Å². The fourth-order valence-corrected chi connectivity index (χ4v) is 3.07. The van der Waals surface area contributed by atoms with Crippen LogP contribution in [0.1, 0.15) is 18.5 Å². The van der Waals surface area contributed by atoms with Crippen molar-refractivity contribution in [1.82, 2.24) is 15.5 Å². The van der Waals surface area contributed by atoms with Gasteiger partial charge in [-0.25, -0.2) is 9.59 Å². The van der Waals surface area contributed by atoms with Crippen LogP contribution in [0.4, 0.5) is 4.79 Å². The number of ether oxygens (including phenoxy) is 2. The summed E-state index contributed by atoms with van der Waals surface area (Å²) in [5.41, 5.74) is 1.90. The van der Waals surface area contributed by atoms with Gasteiger partial charge in [0.05, 0.1) is 31.4 Å². The van der Waals surface area contributed by atoms with E-state index in [9.17, 15) is 9.59 Å². The molecule has 0 spiro atoms. The molecule has 1 saturated heterocycles. The normalized spacial score (nSPS) is 21.5. The number of hydrogen-bond donors (Lipinski definition) is 2. The Bertz CT molecular complexity index is 654. The van der Waals surface area contributed by atoms with Gasteiger partial charge in [-0.2, -0.15) is 0 Å². The topological polar surface area (TPSA) is 79.9 Å². The van der Waals surface area contributed by atoms with E-state index >= 15 is 0 Å². The van der Waals surface area contributed by atoms with Crippen molar-refractivity contribution in [2.45, 2.75) is 13.0 Å². The van der Waals surface area contributed by atoms with Gasteiger partial charge in [0, 0.05) is 25.3 Å². The molecule has 2 N–H and O–H groups in total. The summed E-state index contributed by atoms with van der Waals surface area (Å²) in [6.45, 7) is 5.35. The van der Waals surface area contributed by atoms with Gasteiger partial charge in [0.1, 0.15) is 0 Å². The average Bonchev–Trinajstić information content (AvgIpc) is 2.63. The minimum absolute atomic E-state index is 0.280. The Morgan fingerprint density at radius 2 is 2.00 bits per heavy atom. The molecule has 134 valence electrons. The van der Waals surface area contributed by atoms with Crippen LogP contribution in [0, 0.1) is 0 Å². The molecule has 7 nitrogen and oxygen atoms in total. The van der Waals surface area contributed by atoms with Crippen LogP contribution in [0.15, 0.2) is 41.6 Å². The zero-order chi connectivity index (χ0) is 17.6. The molecular formula is C18H23N3O4. The third kappa shape index (κ3) is 4.18. The Labute approximate surface area is 147 Å². The molecule has 1 aromatic rings. The largest absolute Gasteiger partial charge is 0.463 e. The third-order valence-electron chi connectivity index (χ3n) is 4.27. The first-order valence-electron chi connectivity index (χ1n) is 8.51. The standard InChI is InChI=1S/C18H23N3O4/c1-2-25-17(22)15-14(12-21-8-10-24-11-9-21)19-18(23)20-16(15)13-6-4-3-5-7-13/h3-7,16H,2,8-12H2,1H3,(H2,19,20,23). The molecule has 1 unspecified atom stereocenters. The van der Waals surface area contributed by atoms with E-state index in [0.717, 1.165) is 18.7 Å². The molecule has 2 heterocycles. The number of carbonyl (C=O) groups excluding carboxylic acids is 2. The van der Waals surface area contributed by atoms with E-state index in [1.165, 1.54) is 0 Å². The summed E-state index contributed by atoms with van der Waals surface area (Å²) in [7, 11) is 0. The summed E-state index contributed by atoms with van der Waals surface area (Å²) in [5, 5.41) is 5.64. The summed E-state index contributed by atoms with van der Waals surface area (Å²) in [6.07, 6.45) is 0. The first kappa shape index (κ1) is 17.4. The van der Waals surface area contributed by atoms with Gasteiger partial charge in [-0.15, -0.1) is 0 Å². The first-order chi connectivity index (χ1) is 12.2. The van der Waals surface area contributed by atoms with E-state index in [-0.39, 0.29) is 12.6 Å². The smallest absolute Gasteiger partial charge is 0.338 e. The van der Waals surface area contributed by atoms with Crippen LogP contribution in [0.3, 0.4) is 0 Å². The van der Waals surface area contributed by atoms with E-state index in [2.05, 4.69) is 15.5 Å². The minimum atomic E-state index is -0.523.